The van der Waals surface area contributed by atoms with Gasteiger partial charge in [-0.1, -0.05) is 217 Å². The molecule has 3 N–H and O–H groups in total. The third-order valence-corrected chi connectivity index (χ3v) is 13.1. The maximum Gasteiger partial charge on any atom is 0.335 e. The number of allylic oxidation sites excluding steroid dienone is 26. The Hall–Kier alpha value is -5.66. The van der Waals surface area contributed by atoms with Crippen LogP contribution in [-0.2, 0) is 42.9 Å². The lowest BCUT2D eigenvalue weighted by Crippen LogP contribution is -2.61. The number of aliphatic hydroxyl groups excluding tert-OH is 2. The Balaban J connectivity index is 2.77. The minimum absolute atomic E-state index is 0.0238. The SMILES string of the molecule is CC/C=C\C/C=C\C/C=C\C/C=C\C/C=C\C/C=C\CCC(=O)OCC(COC1OC(C(=O)O)C(O)C(O)C1OC(=O)CCCCCCC/C=C\C/C=C\CCCCC)OC(=O)CCCCC/C=C\C/C=C\C/C=C\C/C=C\C/C=C\CC. The van der Waals surface area contributed by atoms with E-state index in [9.17, 15) is 34.5 Å². The van der Waals surface area contributed by atoms with Crippen molar-refractivity contribution in [2.24, 2.45) is 0 Å². The molecule has 1 heterocycles. The van der Waals surface area contributed by atoms with Gasteiger partial charge < -0.3 is 39.0 Å². The van der Waals surface area contributed by atoms with Gasteiger partial charge in [0.25, 0.3) is 0 Å². The van der Waals surface area contributed by atoms with Crippen LogP contribution in [0.1, 0.15) is 213 Å². The van der Waals surface area contributed by atoms with E-state index in [2.05, 4.69) is 167 Å². The minimum Gasteiger partial charge on any atom is -0.479 e. The van der Waals surface area contributed by atoms with Crippen molar-refractivity contribution in [3.63, 3.8) is 0 Å². The molecule has 12 nitrogen and oxygen atoms in total. The lowest BCUT2D eigenvalue weighted by Gasteiger charge is -2.40. The topological polar surface area (TPSA) is 175 Å². The quantitative estimate of drug-likeness (QED) is 0.0228. The number of carbonyl (C=O) groups is 4. The number of carboxylic acid groups (broad SMARTS) is 1. The third kappa shape index (κ3) is 46.4. The lowest BCUT2D eigenvalue weighted by molar-refractivity contribution is -0.301. The molecule has 6 unspecified atom stereocenters. The van der Waals surface area contributed by atoms with E-state index >= 15 is 0 Å². The fourth-order valence-electron chi connectivity index (χ4n) is 8.33. The van der Waals surface area contributed by atoms with E-state index in [1.807, 2.05) is 12.2 Å². The zero-order chi connectivity index (χ0) is 60.3. The van der Waals surface area contributed by atoms with Gasteiger partial charge in [-0.05, 0) is 135 Å². The van der Waals surface area contributed by atoms with Gasteiger partial charge in [0.1, 0.15) is 18.8 Å². The summed E-state index contributed by atoms with van der Waals surface area (Å²) < 4.78 is 28.4. The van der Waals surface area contributed by atoms with Gasteiger partial charge in [-0.2, -0.15) is 0 Å². The van der Waals surface area contributed by atoms with Gasteiger partial charge in [-0.3, -0.25) is 14.4 Å². The first kappa shape index (κ1) is 75.4. The predicted molar refractivity (Wildman–Crippen MR) is 339 cm³/mol. The van der Waals surface area contributed by atoms with Gasteiger partial charge in [0.2, 0.25) is 0 Å². The monoisotopic (exact) mass is 1150 g/mol. The molecule has 83 heavy (non-hydrogen) atoms. The molecule has 12 heteroatoms. The summed E-state index contributed by atoms with van der Waals surface area (Å²) in [6, 6.07) is 0. The summed E-state index contributed by atoms with van der Waals surface area (Å²) in [5.74, 6) is -3.32. The van der Waals surface area contributed by atoms with Crippen molar-refractivity contribution in [2.45, 2.75) is 250 Å². The number of rotatable bonds is 51. The van der Waals surface area contributed by atoms with Crippen molar-refractivity contribution in [1.29, 1.82) is 0 Å². The predicted octanol–water partition coefficient (Wildman–Crippen LogP) is 16.9. The smallest absolute Gasteiger partial charge is 0.335 e. The van der Waals surface area contributed by atoms with Crippen molar-refractivity contribution in [1.82, 2.24) is 0 Å². The first-order valence-electron chi connectivity index (χ1n) is 31.5. The van der Waals surface area contributed by atoms with Crippen molar-refractivity contribution >= 4 is 23.9 Å². The van der Waals surface area contributed by atoms with Crippen LogP contribution in [0, 0.1) is 0 Å². The minimum atomic E-state index is -1.93. The first-order chi connectivity index (χ1) is 40.6. The van der Waals surface area contributed by atoms with Crippen LogP contribution >= 0.6 is 0 Å². The van der Waals surface area contributed by atoms with E-state index in [0.717, 1.165) is 128 Å². The van der Waals surface area contributed by atoms with Crippen LogP contribution in [0.15, 0.2) is 158 Å². The second kappa shape index (κ2) is 56.8. The Morgan fingerprint density at radius 1 is 0.410 bits per heavy atom. The van der Waals surface area contributed by atoms with Gasteiger partial charge in [0.15, 0.2) is 24.6 Å². The molecule has 6 atom stereocenters. The fourth-order valence-corrected chi connectivity index (χ4v) is 8.33. The van der Waals surface area contributed by atoms with Gasteiger partial charge in [0, 0.05) is 19.3 Å². The van der Waals surface area contributed by atoms with E-state index in [0.29, 0.717) is 25.7 Å². The van der Waals surface area contributed by atoms with E-state index in [-0.39, 0.29) is 25.9 Å². The standard InChI is InChI=1S/C71H108O12/c1-4-7-10-13-16-19-22-25-28-30-32-34-37-39-42-45-48-51-54-57-63(72)79-60-62(81-64(73)58-55-52-49-46-43-41-38-35-33-31-29-26-23-20-17-14-11-8-5-2)61-80-71-69(67(76)66(75)68(83-71)70(77)78)82-65(74)59-56-53-50-47-44-40-36-27-24-21-18-15-12-9-6-3/h7-8,10-11,16-21,25-29,32-36,39,41-43,48,51,62,66-69,71,75-76H,4-6,9,12-15,22-24,30-31,37-38,40,44-47,49-50,52-61H2,1-3H3,(H,77,78)/b10-7-,11-8-,19-16-,20-17-,21-18-,28-25-,29-26-,34-32-,35-33-,36-27-,42-39-,43-41-,51-48-. The Bertz CT molecular complexity index is 2050. The zero-order valence-corrected chi connectivity index (χ0v) is 51.1. The average molecular weight is 1150 g/mol. The molecule has 0 amide bonds. The van der Waals surface area contributed by atoms with E-state index in [1.54, 1.807) is 0 Å². The summed E-state index contributed by atoms with van der Waals surface area (Å²) in [6.07, 6.45) is 70.7. The summed E-state index contributed by atoms with van der Waals surface area (Å²) in [5, 5.41) is 31.6. The summed E-state index contributed by atoms with van der Waals surface area (Å²) in [4.78, 5) is 51.3. The number of ether oxygens (including phenoxy) is 5. The Morgan fingerprint density at radius 3 is 1.22 bits per heavy atom. The van der Waals surface area contributed by atoms with Crippen molar-refractivity contribution in [3.05, 3.63) is 158 Å². The van der Waals surface area contributed by atoms with Crippen LogP contribution < -0.4 is 0 Å². The molecule has 0 aliphatic carbocycles. The molecule has 1 aliphatic rings. The van der Waals surface area contributed by atoms with Gasteiger partial charge >= 0.3 is 23.9 Å². The molecule has 0 aromatic heterocycles. The first-order valence-corrected chi connectivity index (χ1v) is 31.5. The average Bonchev–Trinajstić information content (AvgIpc) is 3.58. The molecule has 1 aliphatic heterocycles. The molecule has 1 rings (SSSR count). The van der Waals surface area contributed by atoms with Crippen LogP contribution in [0.25, 0.3) is 0 Å². The number of aliphatic hydroxyl groups is 2. The maximum atomic E-state index is 13.2. The second-order valence-electron chi connectivity index (χ2n) is 20.6. The number of hydrogen-bond donors (Lipinski definition) is 3. The summed E-state index contributed by atoms with van der Waals surface area (Å²) >= 11 is 0. The zero-order valence-electron chi connectivity index (χ0n) is 51.1. The largest absolute Gasteiger partial charge is 0.479 e. The highest BCUT2D eigenvalue weighted by molar-refractivity contribution is 5.74. The normalized spacial score (nSPS) is 18.7. The van der Waals surface area contributed by atoms with Crippen LogP contribution in [0.2, 0.25) is 0 Å². The molecule has 0 spiro atoms. The number of esters is 3. The molecule has 464 valence electrons. The Labute approximate surface area is 501 Å². The molecular weight excluding hydrogens is 1040 g/mol. The molecule has 1 saturated heterocycles. The highest BCUT2D eigenvalue weighted by atomic mass is 16.7. The van der Waals surface area contributed by atoms with Crippen molar-refractivity contribution in [2.75, 3.05) is 13.2 Å². The molecule has 0 radical (unpaired) electrons. The molecule has 0 aromatic carbocycles. The number of unbranched alkanes of at least 4 members (excludes halogenated alkanes) is 11. The highest BCUT2D eigenvalue weighted by Gasteiger charge is 2.50. The lowest BCUT2D eigenvalue weighted by atomic mass is 9.98. The van der Waals surface area contributed by atoms with Gasteiger partial charge in [0.05, 0.1) is 6.61 Å². The van der Waals surface area contributed by atoms with E-state index in [4.69, 9.17) is 23.7 Å². The summed E-state index contributed by atoms with van der Waals surface area (Å²) in [6.45, 7) is 5.63. The number of carboxylic acids is 1. The fraction of sp³-hybridized carbons (Fsp3) is 0.577. The van der Waals surface area contributed by atoms with Gasteiger partial charge in [-0.25, -0.2) is 4.79 Å². The summed E-state index contributed by atoms with van der Waals surface area (Å²) in [7, 11) is 0. The highest BCUT2D eigenvalue weighted by Crippen LogP contribution is 2.26. The maximum absolute atomic E-state index is 13.2. The second-order valence-corrected chi connectivity index (χ2v) is 20.6. The van der Waals surface area contributed by atoms with Gasteiger partial charge in [-0.15, -0.1) is 0 Å². The third-order valence-electron chi connectivity index (χ3n) is 13.1. The number of carbonyl (C=O) groups excluding carboxylic acids is 3. The van der Waals surface area contributed by atoms with Crippen LogP contribution in [0.5, 0.6) is 0 Å². The van der Waals surface area contributed by atoms with Crippen molar-refractivity contribution < 1.29 is 58.2 Å². The van der Waals surface area contributed by atoms with Crippen LogP contribution in [-0.4, -0.2) is 89.2 Å². The number of aliphatic carboxylic acids is 1. The Morgan fingerprint density at radius 2 is 0.783 bits per heavy atom. The Kier molecular flexibility index (Phi) is 51.6. The van der Waals surface area contributed by atoms with Crippen LogP contribution in [0.3, 0.4) is 0 Å². The summed E-state index contributed by atoms with van der Waals surface area (Å²) in [5.41, 5.74) is 0. The molecule has 0 saturated carbocycles. The van der Waals surface area contributed by atoms with E-state index in [1.165, 1.54) is 19.3 Å². The number of hydrogen-bond acceptors (Lipinski definition) is 11. The van der Waals surface area contributed by atoms with Crippen LogP contribution in [0.4, 0.5) is 0 Å². The molecule has 0 bridgehead atoms. The molecule has 0 aromatic rings. The molecular formula is C71H108O12. The van der Waals surface area contributed by atoms with E-state index < -0.39 is 67.3 Å². The van der Waals surface area contributed by atoms with Crippen molar-refractivity contribution in [3.8, 4) is 0 Å². The molecule has 1 fully saturated rings.